The van der Waals surface area contributed by atoms with Crippen molar-refractivity contribution in [3.8, 4) is 11.5 Å². The maximum absolute atomic E-state index is 8.92. The van der Waals surface area contributed by atoms with E-state index in [1.54, 1.807) is 36.4 Å². The fourth-order valence-corrected chi connectivity index (χ4v) is 1.54. The Hall–Kier alpha value is -2.89. The molecule has 0 saturated heterocycles. The van der Waals surface area contributed by atoms with Gasteiger partial charge in [0.15, 0.2) is 0 Å². The minimum absolute atomic E-state index is 0. The summed E-state index contributed by atoms with van der Waals surface area (Å²) in [6.07, 6.45) is 1.74. The van der Waals surface area contributed by atoms with Gasteiger partial charge in [-0.2, -0.15) is 48.8 Å². The summed E-state index contributed by atoms with van der Waals surface area (Å²) in [4.78, 5) is 0. The molecule has 3 aromatic rings. The standard InChI is InChI=1S/2C7H6NO.C6H5.Co/c2*8-5-6-3-1-2-4-7(6)9;1-2-4-6-5-3-1;/h2*1-5,9H;1-5H;/q3*-1;+3. The van der Waals surface area contributed by atoms with Crippen molar-refractivity contribution in [1.29, 1.82) is 0 Å². The first-order valence-electron chi connectivity index (χ1n) is 7.11. The summed E-state index contributed by atoms with van der Waals surface area (Å²) in [6, 6.07) is 25.6. The molecule has 3 aromatic carbocycles. The van der Waals surface area contributed by atoms with Crippen LogP contribution < -0.4 is 0 Å². The van der Waals surface area contributed by atoms with E-state index in [4.69, 9.17) is 21.0 Å². The number of nitrogens with zero attached hydrogens (tertiary/aromatic N) is 2. The Morgan fingerprint density at radius 3 is 1.24 bits per heavy atom. The van der Waals surface area contributed by atoms with Gasteiger partial charge in [0.1, 0.15) is 11.5 Å². The zero-order chi connectivity index (χ0) is 17.6. The van der Waals surface area contributed by atoms with Crippen LogP contribution in [0.3, 0.4) is 0 Å². The Morgan fingerprint density at radius 1 is 0.640 bits per heavy atom. The number of phenols is 2. The third-order valence-corrected chi connectivity index (χ3v) is 2.76. The Labute approximate surface area is 158 Å². The number of rotatable bonds is 2. The Balaban J connectivity index is 0.000000346. The molecule has 4 nitrogen and oxygen atoms in total. The van der Waals surface area contributed by atoms with Crippen molar-refractivity contribution >= 4 is 12.4 Å². The monoisotopic (exact) mass is 376 g/mol. The van der Waals surface area contributed by atoms with E-state index in [1.807, 2.05) is 30.3 Å². The van der Waals surface area contributed by atoms with Crippen molar-refractivity contribution in [3.05, 3.63) is 107 Å². The van der Waals surface area contributed by atoms with Gasteiger partial charge in [0, 0.05) is 0 Å². The summed E-state index contributed by atoms with van der Waals surface area (Å²) in [5, 5.41) is 34.7. The minimum Gasteiger partial charge on any atom is -0.810 e. The fraction of sp³-hybridized carbons (Fsp3) is 0. The molecule has 0 bridgehead atoms. The van der Waals surface area contributed by atoms with Gasteiger partial charge in [-0.15, -0.1) is 0 Å². The summed E-state index contributed by atoms with van der Waals surface area (Å²) in [5.74, 6) is 0.194. The molecule has 2 N–H and O–H groups in total. The van der Waals surface area contributed by atoms with E-state index >= 15 is 0 Å². The second-order valence-electron chi connectivity index (χ2n) is 4.45. The molecule has 25 heavy (non-hydrogen) atoms. The molecular weight excluding hydrogens is 359 g/mol. The van der Waals surface area contributed by atoms with Crippen molar-refractivity contribution in [2.24, 2.45) is 0 Å². The normalized spacial score (nSPS) is 8.32. The van der Waals surface area contributed by atoms with Gasteiger partial charge in [-0.25, -0.2) is 0 Å². The first-order valence-corrected chi connectivity index (χ1v) is 7.11. The number of para-hydroxylation sites is 2. The van der Waals surface area contributed by atoms with Crippen molar-refractivity contribution in [1.82, 2.24) is 0 Å². The maximum atomic E-state index is 8.92. The summed E-state index contributed by atoms with van der Waals surface area (Å²) in [6.45, 7) is 0. The SMILES string of the molecule is [Co+3].[N-]=Cc1ccccc1O.[N-]=Cc1ccccc1O.[c-]1ccccc1. The van der Waals surface area contributed by atoms with E-state index in [0.717, 1.165) is 12.4 Å². The second kappa shape index (κ2) is 13.5. The molecule has 0 aliphatic rings. The first-order chi connectivity index (χ1) is 11.7. The summed E-state index contributed by atoms with van der Waals surface area (Å²) in [7, 11) is 0. The molecule has 0 radical (unpaired) electrons. The molecule has 0 aliphatic carbocycles. The summed E-state index contributed by atoms with van der Waals surface area (Å²) in [5.41, 5.74) is 0.884. The molecule has 0 unspecified atom stereocenters. The predicted octanol–water partition coefficient (Wildman–Crippen LogP) is 4.25. The van der Waals surface area contributed by atoms with Gasteiger partial charge in [-0.1, -0.05) is 36.4 Å². The van der Waals surface area contributed by atoms with Gasteiger partial charge in [0.25, 0.3) is 0 Å². The summed E-state index contributed by atoms with van der Waals surface area (Å²) < 4.78 is 0. The average Bonchev–Trinajstić information content (AvgIpc) is 2.65. The van der Waals surface area contributed by atoms with Crippen LogP contribution in [0.5, 0.6) is 11.5 Å². The third-order valence-electron chi connectivity index (χ3n) is 2.76. The fourth-order valence-electron chi connectivity index (χ4n) is 1.54. The van der Waals surface area contributed by atoms with E-state index in [1.165, 1.54) is 12.1 Å². The zero-order valence-electron chi connectivity index (χ0n) is 13.3. The molecule has 0 heterocycles. The maximum Gasteiger partial charge on any atom is 3.00 e. The topological polar surface area (TPSA) is 85.1 Å². The van der Waals surface area contributed by atoms with Crippen molar-refractivity contribution in [3.63, 3.8) is 0 Å². The van der Waals surface area contributed by atoms with Crippen LogP contribution in [0.1, 0.15) is 11.1 Å². The van der Waals surface area contributed by atoms with Crippen LogP contribution in [0, 0.1) is 6.07 Å². The van der Waals surface area contributed by atoms with Crippen molar-refractivity contribution in [2.75, 3.05) is 0 Å². The van der Waals surface area contributed by atoms with Crippen LogP contribution >= 0.6 is 0 Å². The third kappa shape index (κ3) is 9.09. The average molecular weight is 376 g/mol. The van der Waals surface area contributed by atoms with E-state index in [2.05, 4.69) is 6.07 Å². The molecule has 128 valence electrons. The molecule has 3 rings (SSSR count). The Morgan fingerprint density at radius 2 is 1.04 bits per heavy atom. The number of phenolic OH excluding ortho intramolecular Hbond substituents is 2. The van der Waals surface area contributed by atoms with Gasteiger partial charge < -0.3 is 21.0 Å². The zero-order valence-corrected chi connectivity index (χ0v) is 14.3. The molecule has 0 aromatic heterocycles. The largest absolute Gasteiger partial charge is 3.00 e. The molecule has 0 aliphatic heterocycles. The molecule has 0 atom stereocenters. The van der Waals surface area contributed by atoms with Crippen LogP contribution in [0.15, 0.2) is 78.9 Å². The van der Waals surface area contributed by atoms with Crippen molar-refractivity contribution < 1.29 is 27.0 Å². The second-order valence-corrected chi connectivity index (χ2v) is 4.45. The number of hydrogen-bond acceptors (Lipinski definition) is 2. The van der Waals surface area contributed by atoms with E-state index in [-0.39, 0.29) is 28.3 Å². The van der Waals surface area contributed by atoms with Crippen LogP contribution in [0.2, 0.25) is 0 Å². The summed E-state index contributed by atoms with van der Waals surface area (Å²) >= 11 is 0. The first kappa shape index (κ1) is 22.1. The smallest absolute Gasteiger partial charge is 0.810 e. The molecule has 0 saturated carbocycles. The predicted molar refractivity (Wildman–Crippen MR) is 98.5 cm³/mol. The minimum atomic E-state index is 0. The van der Waals surface area contributed by atoms with Crippen LogP contribution in [-0.2, 0) is 16.8 Å². The van der Waals surface area contributed by atoms with Gasteiger partial charge in [-0.3, -0.25) is 0 Å². The number of benzene rings is 3. The van der Waals surface area contributed by atoms with Crippen LogP contribution in [0.25, 0.3) is 10.8 Å². The molecular formula is C20H17CoN2O2. The van der Waals surface area contributed by atoms with Gasteiger partial charge in [0.2, 0.25) is 0 Å². The quantitative estimate of drug-likeness (QED) is 0.518. The number of hydrogen-bond donors (Lipinski definition) is 2. The van der Waals surface area contributed by atoms with Gasteiger partial charge >= 0.3 is 16.8 Å². The van der Waals surface area contributed by atoms with E-state index < -0.39 is 0 Å². The molecule has 0 spiro atoms. The van der Waals surface area contributed by atoms with E-state index in [0.29, 0.717) is 11.1 Å². The Kier molecular flexibility index (Phi) is 12.0. The van der Waals surface area contributed by atoms with Crippen LogP contribution in [-0.4, -0.2) is 22.6 Å². The Bertz CT molecular complexity index is 673. The molecule has 5 heteroatoms. The van der Waals surface area contributed by atoms with Gasteiger partial charge in [-0.05, 0) is 23.3 Å². The van der Waals surface area contributed by atoms with E-state index in [9.17, 15) is 0 Å². The molecule has 0 fully saturated rings. The van der Waals surface area contributed by atoms with Gasteiger partial charge in [0.05, 0.1) is 0 Å². The number of aromatic hydroxyl groups is 2. The van der Waals surface area contributed by atoms with Crippen molar-refractivity contribution in [2.45, 2.75) is 0 Å². The molecule has 0 amide bonds. The van der Waals surface area contributed by atoms with Crippen LogP contribution in [0.4, 0.5) is 0 Å².